The van der Waals surface area contributed by atoms with E-state index in [-0.39, 0.29) is 0 Å². The fourth-order valence-electron chi connectivity index (χ4n) is 2.24. The van der Waals surface area contributed by atoms with Gasteiger partial charge in [-0.1, -0.05) is 43.7 Å². The molecule has 2 nitrogen and oxygen atoms in total. The van der Waals surface area contributed by atoms with Gasteiger partial charge < -0.3 is 10.2 Å². The van der Waals surface area contributed by atoms with Gasteiger partial charge in [0.15, 0.2) is 0 Å². The summed E-state index contributed by atoms with van der Waals surface area (Å²) in [4.78, 5) is 2.42. The molecule has 1 atom stereocenters. The lowest BCUT2D eigenvalue weighted by molar-refractivity contribution is 0.227. The number of rotatable bonds is 7. The molecule has 0 saturated heterocycles. The Morgan fingerprint density at radius 1 is 1.17 bits per heavy atom. The van der Waals surface area contributed by atoms with Gasteiger partial charge in [0.25, 0.3) is 0 Å². The molecular formula is C16H28N2. The SMILES string of the molecule is CNCC(CN(C)Cc1ccc(C)cc1)C(C)C. The molecule has 0 aliphatic heterocycles. The van der Waals surface area contributed by atoms with Crippen molar-refractivity contribution in [2.75, 3.05) is 27.2 Å². The first-order chi connectivity index (χ1) is 8.52. The van der Waals surface area contributed by atoms with Crippen molar-refractivity contribution >= 4 is 0 Å². The number of hydrogen-bond donors (Lipinski definition) is 1. The summed E-state index contributed by atoms with van der Waals surface area (Å²) in [7, 11) is 4.25. The first-order valence-electron chi connectivity index (χ1n) is 6.91. The molecule has 1 aromatic carbocycles. The molecule has 1 N–H and O–H groups in total. The van der Waals surface area contributed by atoms with E-state index in [0.29, 0.717) is 5.92 Å². The summed E-state index contributed by atoms with van der Waals surface area (Å²) in [6.45, 7) is 10.0. The van der Waals surface area contributed by atoms with Gasteiger partial charge in [0, 0.05) is 13.1 Å². The van der Waals surface area contributed by atoms with Crippen LogP contribution in [0.3, 0.4) is 0 Å². The third kappa shape index (κ3) is 5.19. The van der Waals surface area contributed by atoms with Crippen molar-refractivity contribution in [3.63, 3.8) is 0 Å². The van der Waals surface area contributed by atoms with E-state index in [2.05, 4.69) is 62.3 Å². The van der Waals surface area contributed by atoms with Crippen LogP contribution in [0.4, 0.5) is 0 Å². The molecule has 0 fully saturated rings. The molecule has 1 rings (SSSR count). The molecule has 0 radical (unpaired) electrons. The van der Waals surface area contributed by atoms with E-state index in [1.54, 1.807) is 0 Å². The van der Waals surface area contributed by atoms with Gasteiger partial charge in [0.05, 0.1) is 0 Å². The second kappa shape index (κ2) is 7.55. The molecule has 0 spiro atoms. The molecule has 102 valence electrons. The highest BCUT2D eigenvalue weighted by atomic mass is 15.1. The van der Waals surface area contributed by atoms with Gasteiger partial charge in [-0.3, -0.25) is 0 Å². The highest BCUT2D eigenvalue weighted by Crippen LogP contribution is 2.13. The Hall–Kier alpha value is -0.860. The highest BCUT2D eigenvalue weighted by Gasteiger charge is 2.14. The minimum Gasteiger partial charge on any atom is -0.319 e. The van der Waals surface area contributed by atoms with E-state index in [1.807, 2.05) is 7.05 Å². The van der Waals surface area contributed by atoms with E-state index in [0.717, 1.165) is 25.6 Å². The van der Waals surface area contributed by atoms with E-state index >= 15 is 0 Å². The molecule has 2 heteroatoms. The van der Waals surface area contributed by atoms with Crippen LogP contribution in [0.5, 0.6) is 0 Å². The fourth-order valence-corrected chi connectivity index (χ4v) is 2.24. The number of benzene rings is 1. The van der Waals surface area contributed by atoms with Crippen LogP contribution in [0, 0.1) is 18.8 Å². The molecule has 1 unspecified atom stereocenters. The van der Waals surface area contributed by atoms with E-state index in [1.165, 1.54) is 11.1 Å². The van der Waals surface area contributed by atoms with Gasteiger partial charge >= 0.3 is 0 Å². The summed E-state index contributed by atoms with van der Waals surface area (Å²) in [5, 5.41) is 3.30. The molecule has 0 heterocycles. The zero-order valence-corrected chi connectivity index (χ0v) is 12.5. The van der Waals surface area contributed by atoms with Crippen LogP contribution < -0.4 is 5.32 Å². The average molecular weight is 248 g/mol. The maximum atomic E-state index is 3.30. The van der Waals surface area contributed by atoms with Crippen molar-refractivity contribution in [3.05, 3.63) is 35.4 Å². The van der Waals surface area contributed by atoms with Crippen LogP contribution >= 0.6 is 0 Å². The topological polar surface area (TPSA) is 15.3 Å². The minimum atomic E-state index is 0.713. The summed E-state index contributed by atoms with van der Waals surface area (Å²) in [6, 6.07) is 8.84. The van der Waals surface area contributed by atoms with Crippen LogP contribution in [0.2, 0.25) is 0 Å². The smallest absolute Gasteiger partial charge is 0.0230 e. The number of hydrogen-bond acceptors (Lipinski definition) is 2. The third-order valence-corrected chi connectivity index (χ3v) is 3.53. The predicted octanol–water partition coefficient (Wildman–Crippen LogP) is 2.92. The highest BCUT2D eigenvalue weighted by molar-refractivity contribution is 5.21. The van der Waals surface area contributed by atoms with Crippen LogP contribution in [0.15, 0.2) is 24.3 Å². The van der Waals surface area contributed by atoms with Gasteiger partial charge in [-0.15, -0.1) is 0 Å². The summed E-state index contributed by atoms with van der Waals surface area (Å²) in [5.74, 6) is 1.43. The molecule has 0 aliphatic rings. The zero-order valence-electron chi connectivity index (χ0n) is 12.5. The Kier molecular flexibility index (Phi) is 6.37. The lowest BCUT2D eigenvalue weighted by atomic mass is 9.95. The predicted molar refractivity (Wildman–Crippen MR) is 79.8 cm³/mol. The monoisotopic (exact) mass is 248 g/mol. The molecule has 0 saturated carbocycles. The molecule has 18 heavy (non-hydrogen) atoms. The number of nitrogens with zero attached hydrogens (tertiary/aromatic N) is 1. The Labute approximate surface area is 112 Å². The van der Waals surface area contributed by atoms with Crippen LogP contribution in [0.25, 0.3) is 0 Å². The molecule has 0 aliphatic carbocycles. The van der Waals surface area contributed by atoms with Crippen molar-refractivity contribution in [3.8, 4) is 0 Å². The van der Waals surface area contributed by atoms with Gasteiger partial charge in [-0.05, 0) is 45.0 Å². The van der Waals surface area contributed by atoms with Crippen LogP contribution in [-0.2, 0) is 6.54 Å². The average Bonchev–Trinajstić information content (AvgIpc) is 2.31. The summed E-state index contributed by atoms with van der Waals surface area (Å²) >= 11 is 0. The fraction of sp³-hybridized carbons (Fsp3) is 0.625. The Morgan fingerprint density at radius 3 is 2.28 bits per heavy atom. The summed E-state index contributed by atoms with van der Waals surface area (Å²) < 4.78 is 0. The standard InChI is InChI=1S/C16H28N2/c1-13(2)16(10-17-4)12-18(5)11-15-8-6-14(3)7-9-15/h6-9,13,16-17H,10-12H2,1-5H3. The lowest BCUT2D eigenvalue weighted by Crippen LogP contribution is -2.34. The Balaban J connectivity index is 2.49. The summed E-state index contributed by atoms with van der Waals surface area (Å²) in [6.07, 6.45) is 0. The maximum Gasteiger partial charge on any atom is 0.0230 e. The molecule has 0 bridgehead atoms. The third-order valence-electron chi connectivity index (χ3n) is 3.53. The normalized spacial score (nSPS) is 13.3. The second-order valence-electron chi connectivity index (χ2n) is 5.74. The molecular weight excluding hydrogens is 220 g/mol. The van der Waals surface area contributed by atoms with E-state index in [4.69, 9.17) is 0 Å². The van der Waals surface area contributed by atoms with Gasteiger partial charge in [0.1, 0.15) is 0 Å². The van der Waals surface area contributed by atoms with E-state index < -0.39 is 0 Å². The first kappa shape index (κ1) is 15.2. The van der Waals surface area contributed by atoms with Crippen molar-refractivity contribution in [2.45, 2.75) is 27.3 Å². The van der Waals surface area contributed by atoms with Gasteiger partial charge in [-0.25, -0.2) is 0 Å². The van der Waals surface area contributed by atoms with Gasteiger partial charge in [0.2, 0.25) is 0 Å². The van der Waals surface area contributed by atoms with Crippen LogP contribution in [0.1, 0.15) is 25.0 Å². The Morgan fingerprint density at radius 2 is 1.78 bits per heavy atom. The lowest BCUT2D eigenvalue weighted by Gasteiger charge is -2.26. The zero-order chi connectivity index (χ0) is 13.5. The Bertz CT molecular complexity index is 329. The van der Waals surface area contributed by atoms with Crippen molar-refractivity contribution in [1.82, 2.24) is 10.2 Å². The van der Waals surface area contributed by atoms with E-state index in [9.17, 15) is 0 Å². The molecule has 0 aromatic heterocycles. The van der Waals surface area contributed by atoms with Crippen molar-refractivity contribution in [2.24, 2.45) is 11.8 Å². The largest absolute Gasteiger partial charge is 0.319 e. The quantitative estimate of drug-likeness (QED) is 0.798. The van der Waals surface area contributed by atoms with Gasteiger partial charge in [-0.2, -0.15) is 0 Å². The minimum absolute atomic E-state index is 0.713. The summed E-state index contributed by atoms with van der Waals surface area (Å²) in [5.41, 5.74) is 2.73. The van der Waals surface area contributed by atoms with Crippen molar-refractivity contribution in [1.29, 1.82) is 0 Å². The van der Waals surface area contributed by atoms with Crippen molar-refractivity contribution < 1.29 is 0 Å². The van der Waals surface area contributed by atoms with Crippen LogP contribution in [-0.4, -0.2) is 32.1 Å². The maximum absolute atomic E-state index is 3.30. The number of nitrogens with one attached hydrogen (secondary N) is 1. The molecule has 0 amide bonds. The second-order valence-corrected chi connectivity index (χ2v) is 5.74. The first-order valence-corrected chi connectivity index (χ1v) is 6.91. The molecule has 1 aromatic rings. The number of aryl methyl sites for hydroxylation is 1.